The molecule has 3 aromatic carbocycles. The van der Waals surface area contributed by atoms with E-state index in [0.717, 1.165) is 92.7 Å². The molecule has 12 heteroatoms. The van der Waals surface area contributed by atoms with Crippen LogP contribution in [-0.4, -0.2) is 75.0 Å². The molecule has 0 radical (unpaired) electrons. The molecular formula is C47H53N7O5. The average Bonchev–Trinajstić information content (AvgIpc) is 4.14. The fourth-order valence-electron chi connectivity index (χ4n) is 10.5. The highest BCUT2D eigenvalue weighted by atomic mass is 16.5. The lowest BCUT2D eigenvalue weighted by Crippen LogP contribution is -2.46. The fraction of sp³-hybridized carbons (Fsp3) is 0.426. The van der Waals surface area contributed by atoms with Gasteiger partial charge in [0.05, 0.1) is 31.1 Å². The van der Waals surface area contributed by atoms with Crippen molar-refractivity contribution in [1.29, 1.82) is 0 Å². The van der Waals surface area contributed by atoms with Gasteiger partial charge in [0.15, 0.2) is 6.10 Å². The first kappa shape index (κ1) is 38.8. The van der Waals surface area contributed by atoms with Crippen LogP contribution in [0.25, 0.3) is 11.3 Å². The number of hydrogen-bond acceptors (Lipinski definition) is 7. The maximum absolute atomic E-state index is 14.0. The second-order valence-electron chi connectivity index (χ2n) is 16.9. The van der Waals surface area contributed by atoms with Crippen LogP contribution in [0.3, 0.4) is 0 Å². The zero-order valence-corrected chi connectivity index (χ0v) is 33.9. The molecule has 3 amide bonds. The summed E-state index contributed by atoms with van der Waals surface area (Å²) in [6.45, 7) is 1.28. The highest BCUT2D eigenvalue weighted by molar-refractivity contribution is 5.87. The van der Waals surface area contributed by atoms with Crippen LogP contribution in [0.2, 0.25) is 0 Å². The molecule has 0 unspecified atom stereocenters. The second-order valence-corrected chi connectivity index (χ2v) is 16.9. The molecule has 3 N–H and O–H groups in total. The molecule has 2 aromatic heterocycles. The molecule has 59 heavy (non-hydrogen) atoms. The SMILES string of the molecule is COC(=O)N[C@@H](C(=O)N1CCC[C@H]1c1ncc(C23CCC(c4ccc(-c5cnc([C@@H]6CCCN6C(=O)[C@H](OC)c6ccccc6)[nH]5)cc4)(CC2)CC3)[nH]1)c1ccccc1. The Kier molecular flexibility index (Phi) is 10.6. The summed E-state index contributed by atoms with van der Waals surface area (Å²) in [6, 6.07) is 26.9. The van der Waals surface area contributed by atoms with Crippen LogP contribution in [-0.2, 0) is 29.9 Å². The van der Waals surface area contributed by atoms with Crippen molar-refractivity contribution in [3.63, 3.8) is 0 Å². The van der Waals surface area contributed by atoms with Crippen molar-refractivity contribution < 1.29 is 23.9 Å². The number of H-pyrrole nitrogens is 2. The normalized spacial score (nSPS) is 24.8. The van der Waals surface area contributed by atoms with Gasteiger partial charge in [-0.1, -0.05) is 84.9 Å². The molecule has 3 saturated carbocycles. The number of aromatic nitrogens is 4. The van der Waals surface area contributed by atoms with Crippen LogP contribution >= 0.6 is 0 Å². The lowest BCUT2D eigenvalue weighted by molar-refractivity contribution is -0.143. The number of carbonyl (C=O) groups excluding carboxylic acids is 3. The Morgan fingerprint density at radius 3 is 1.86 bits per heavy atom. The molecule has 5 aromatic rings. The van der Waals surface area contributed by atoms with Gasteiger partial charge in [0.2, 0.25) is 0 Å². The van der Waals surface area contributed by atoms with Crippen molar-refractivity contribution in [3.8, 4) is 11.3 Å². The topological polar surface area (TPSA) is 146 Å². The van der Waals surface area contributed by atoms with E-state index in [1.807, 2.05) is 82.9 Å². The Morgan fingerprint density at radius 1 is 0.695 bits per heavy atom. The number of likely N-dealkylation sites (tertiary alicyclic amines) is 2. The zero-order valence-electron chi connectivity index (χ0n) is 33.9. The van der Waals surface area contributed by atoms with Crippen molar-refractivity contribution in [2.45, 2.75) is 99.3 Å². The van der Waals surface area contributed by atoms with Gasteiger partial charge in [0, 0.05) is 37.5 Å². The number of imidazole rings is 2. The molecule has 3 aliphatic carbocycles. The molecule has 4 heterocycles. The summed E-state index contributed by atoms with van der Waals surface area (Å²) in [5, 5.41) is 2.76. The van der Waals surface area contributed by atoms with Gasteiger partial charge in [-0.2, -0.15) is 0 Å². The van der Waals surface area contributed by atoms with Gasteiger partial charge in [-0.3, -0.25) is 9.59 Å². The van der Waals surface area contributed by atoms with Gasteiger partial charge in [0.25, 0.3) is 11.8 Å². The third-order valence-corrected chi connectivity index (χ3v) is 13.9. The summed E-state index contributed by atoms with van der Waals surface area (Å²) >= 11 is 0. The number of hydrogen-bond donors (Lipinski definition) is 3. The Balaban J connectivity index is 0.852. The summed E-state index contributed by atoms with van der Waals surface area (Å²) in [6.07, 6.45) is 12.7. The van der Waals surface area contributed by atoms with Gasteiger partial charge in [-0.05, 0) is 91.9 Å². The monoisotopic (exact) mass is 795 g/mol. The molecule has 2 saturated heterocycles. The number of rotatable bonds is 11. The van der Waals surface area contributed by atoms with E-state index in [4.69, 9.17) is 19.4 Å². The van der Waals surface area contributed by atoms with Crippen molar-refractivity contribution >= 4 is 17.9 Å². The van der Waals surface area contributed by atoms with Crippen molar-refractivity contribution in [3.05, 3.63) is 131 Å². The van der Waals surface area contributed by atoms with Crippen LogP contribution in [0.5, 0.6) is 0 Å². The largest absolute Gasteiger partial charge is 0.453 e. The fourth-order valence-corrected chi connectivity index (χ4v) is 10.5. The summed E-state index contributed by atoms with van der Waals surface area (Å²) in [7, 11) is 2.90. The minimum Gasteiger partial charge on any atom is -0.453 e. The van der Waals surface area contributed by atoms with E-state index in [1.165, 1.54) is 18.4 Å². The number of benzene rings is 3. The van der Waals surface area contributed by atoms with Gasteiger partial charge in [-0.15, -0.1) is 0 Å². The highest BCUT2D eigenvalue weighted by Crippen LogP contribution is 2.58. The third kappa shape index (κ3) is 7.21. The molecule has 5 fully saturated rings. The number of nitrogens with zero attached hydrogens (tertiary/aromatic N) is 4. The molecular weight excluding hydrogens is 743 g/mol. The number of amides is 3. The molecule has 306 valence electrons. The van der Waals surface area contributed by atoms with E-state index in [-0.39, 0.29) is 34.7 Å². The maximum Gasteiger partial charge on any atom is 0.407 e. The van der Waals surface area contributed by atoms with Crippen molar-refractivity contribution in [2.75, 3.05) is 27.3 Å². The summed E-state index contributed by atoms with van der Waals surface area (Å²) in [5.74, 6) is 1.44. The molecule has 5 aliphatic rings. The second kappa shape index (κ2) is 16.1. The first-order valence-electron chi connectivity index (χ1n) is 21.1. The van der Waals surface area contributed by atoms with E-state index in [2.05, 4.69) is 39.6 Å². The van der Waals surface area contributed by atoms with Crippen LogP contribution in [0.1, 0.15) is 122 Å². The molecule has 12 nitrogen and oxygen atoms in total. The average molecular weight is 796 g/mol. The third-order valence-electron chi connectivity index (χ3n) is 13.9. The van der Waals surface area contributed by atoms with Crippen molar-refractivity contribution in [2.24, 2.45) is 0 Å². The van der Waals surface area contributed by atoms with Crippen LogP contribution < -0.4 is 5.32 Å². The van der Waals surface area contributed by atoms with E-state index in [9.17, 15) is 14.4 Å². The Labute approximate surface area is 345 Å². The van der Waals surface area contributed by atoms with Gasteiger partial charge >= 0.3 is 6.09 Å². The minimum absolute atomic E-state index is 0.0317. The van der Waals surface area contributed by atoms with Crippen LogP contribution in [0.15, 0.2) is 97.3 Å². The lowest BCUT2D eigenvalue weighted by atomic mass is 9.51. The predicted octanol–water partition coefficient (Wildman–Crippen LogP) is 8.16. The number of carbonyl (C=O) groups is 3. The molecule has 10 rings (SSSR count). The highest BCUT2D eigenvalue weighted by Gasteiger charge is 2.51. The first-order chi connectivity index (χ1) is 28.8. The smallest absolute Gasteiger partial charge is 0.407 e. The molecule has 4 atom stereocenters. The van der Waals surface area contributed by atoms with Gasteiger partial charge in [-0.25, -0.2) is 14.8 Å². The zero-order chi connectivity index (χ0) is 40.6. The maximum atomic E-state index is 14.0. The first-order valence-corrected chi connectivity index (χ1v) is 21.1. The quantitative estimate of drug-likeness (QED) is 0.122. The number of nitrogens with one attached hydrogen (secondary N) is 3. The lowest BCUT2D eigenvalue weighted by Gasteiger charge is -2.53. The number of methoxy groups -OCH3 is 2. The van der Waals surface area contributed by atoms with Crippen LogP contribution in [0.4, 0.5) is 4.79 Å². The van der Waals surface area contributed by atoms with Crippen molar-refractivity contribution in [1.82, 2.24) is 35.1 Å². The Morgan fingerprint density at radius 2 is 1.25 bits per heavy atom. The summed E-state index contributed by atoms with van der Waals surface area (Å²) in [5.41, 5.74) is 6.38. The van der Waals surface area contributed by atoms with Gasteiger partial charge < -0.3 is 34.6 Å². The number of alkyl carbamates (subject to hydrolysis) is 1. The van der Waals surface area contributed by atoms with E-state index < -0.39 is 18.2 Å². The molecule has 2 bridgehead atoms. The molecule has 0 spiro atoms. The number of ether oxygens (including phenoxy) is 2. The number of fused-ring (bicyclic) bond motifs is 3. The summed E-state index contributed by atoms with van der Waals surface area (Å²) in [4.78, 5) is 60.8. The molecule has 2 aliphatic heterocycles. The standard InChI is InChI=1S/C47H53N7O5/c1-58-40(33-13-7-4-8-14-33)44(56)54-28-10-15-36(54)41-48-29-35(50-41)31-17-19-34(20-18-31)46-21-24-47(25-22-46,26-23-46)38-30-49-42(51-38)37-16-9-27-53(37)43(55)39(52-45(57)59-2)32-11-5-3-6-12-32/h3-8,11-14,17-20,29-30,36-37,39-40H,9-10,15-16,21-28H2,1-2H3,(H,48,50)(H,49,51)(H,52,57)/t36-,37-,39+,40+,46?,47?/m0/s1. The van der Waals surface area contributed by atoms with E-state index in [0.29, 0.717) is 18.7 Å². The predicted molar refractivity (Wildman–Crippen MR) is 222 cm³/mol. The Hall–Kier alpha value is -5.75. The number of aromatic amines is 2. The summed E-state index contributed by atoms with van der Waals surface area (Å²) < 4.78 is 10.6. The van der Waals surface area contributed by atoms with E-state index in [1.54, 1.807) is 7.11 Å². The Bertz CT molecular complexity index is 2250. The van der Waals surface area contributed by atoms with E-state index >= 15 is 0 Å². The van der Waals surface area contributed by atoms with Crippen LogP contribution in [0, 0.1) is 0 Å². The minimum atomic E-state index is -0.844. The van der Waals surface area contributed by atoms with Gasteiger partial charge in [0.1, 0.15) is 17.7 Å².